The average Bonchev–Trinajstić information content (AvgIpc) is 2.65. The van der Waals surface area contributed by atoms with E-state index in [1.165, 1.54) is 46.6 Å². The largest absolute Gasteiger partial charge is 0.496 e. The molecule has 0 amide bonds. The first-order valence-corrected chi connectivity index (χ1v) is 9.22. The summed E-state index contributed by atoms with van der Waals surface area (Å²) in [7, 11) is 1.78. The number of ether oxygens (including phenoxy) is 4. The van der Waals surface area contributed by atoms with Crippen LogP contribution >= 0.6 is 0 Å². The molecule has 0 bridgehead atoms. The van der Waals surface area contributed by atoms with Crippen LogP contribution in [0.4, 0.5) is 10.1 Å². The molecule has 0 radical (unpaired) electrons. The van der Waals surface area contributed by atoms with Gasteiger partial charge in [0.05, 0.1) is 45.1 Å². The van der Waals surface area contributed by atoms with Crippen molar-refractivity contribution in [3.05, 3.63) is 47.1 Å². The first-order chi connectivity index (χ1) is 12.8. The molecule has 0 aromatic heterocycles. The van der Waals surface area contributed by atoms with Gasteiger partial charge in [0.2, 0.25) is 0 Å². The number of hydrogen-bond acceptors (Lipinski definition) is 6. The van der Waals surface area contributed by atoms with Crippen molar-refractivity contribution in [2.45, 2.75) is 0 Å². The normalized spacial score (nSPS) is 11.3. The van der Waals surface area contributed by atoms with Gasteiger partial charge in [0.15, 0.2) is 11.6 Å². The minimum Gasteiger partial charge on any atom is -0.496 e. The van der Waals surface area contributed by atoms with Crippen LogP contribution in [-0.2, 0) is 10.0 Å². The number of anilines is 1. The van der Waals surface area contributed by atoms with Crippen molar-refractivity contribution >= 4 is 21.8 Å². The van der Waals surface area contributed by atoms with E-state index in [1.807, 2.05) is 0 Å². The minimum absolute atomic E-state index is 0.0150. The first-order valence-electron chi connectivity index (χ1n) is 7.68. The molecule has 0 heterocycles. The van der Waals surface area contributed by atoms with Gasteiger partial charge in [0.1, 0.15) is 17.2 Å². The third kappa shape index (κ3) is 5.04. The maximum Gasteiger partial charge on any atom is 0.255 e. The highest BCUT2D eigenvalue weighted by Crippen LogP contribution is 2.35. The smallest absolute Gasteiger partial charge is 0.255 e. The SMILES string of the molecule is COc1cc(OC)c(/C=C/S(=O)(=O)Nc2ccc(OC)c(F)c2)c(OC)c1. The fourth-order valence-corrected chi connectivity index (χ4v) is 3.12. The van der Waals surface area contributed by atoms with Gasteiger partial charge < -0.3 is 18.9 Å². The van der Waals surface area contributed by atoms with Crippen LogP contribution in [0.2, 0.25) is 0 Å². The van der Waals surface area contributed by atoms with E-state index < -0.39 is 15.8 Å². The summed E-state index contributed by atoms with van der Waals surface area (Å²) < 4.78 is 61.1. The molecular formula is C18H20FNO6S. The number of halogens is 1. The molecular weight excluding hydrogens is 377 g/mol. The van der Waals surface area contributed by atoms with Gasteiger partial charge in [-0.2, -0.15) is 0 Å². The van der Waals surface area contributed by atoms with Gasteiger partial charge in [0.25, 0.3) is 10.0 Å². The molecule has 0 fully saturated rings. The van der Waals surface area contributed by atoms with Gasteiger partial charge in [-0.1, -0.05) is 0 Å². The van der Waals surface area contributed by atoms with E-state index in [9.17, 15) is 12.8 Å². The van der Waals surface area contributed by atoms with E-state index >= 15 is 0 Å². The molecule has 0 aliphatic rings. The third-order valence-corrected chi connectivity index (χ3v) is 4.59. The van der Waals surface area contributed by atoms with Crippen LogP contribution in [0, 0.1) is 5.82 Å². The summed E-state index contributed by atoms with van der Waals surface area (Å²) in [6.45, 7) is 0. The lowest BCUT2D eigenvalue weighted by Crippen LogP contribution is -2.09. The third-order valence-electron chi connectivity index (χ3n) is 3.58. The van der Waals surface area contributed by atoms with Crippen molar-refractivity contribution in [3.63, 3.8) is 0 Å². The summed E-state index contributed by atoms with van der Waals surface area (Å²) in [5.41, 5.74) is 0.471. The second kappa shape index (κ2) is 8.63. The second-order valence-corrected chi connectivity index (χ2v) is 6.81. The van der Waals surface area contributed by atoms with Crippen LogP contribution in [0.5, 0.6) is 23.0 Å². The Morgan fingerprint density at radius 2 is 1.48 bits per heavy atom. The molecule has 0 unspecified atom stereocenters. The van der Waals surface area contributed by atoms with Crippen LogP contribution in [-0.4, -0.2) is 36.9 Å². The Hall–Kier alpha value is -2.94. The van der Waals surface area contributed by atoms with Gasteiger partial charge in [-0.3, -0.25) is 4.72 Å². The van der Waals surface area contributed by atoms with Crippen LogP contribution in [0.25, 0.3) is 6.08 Å². The van der Waals surface area contributed by atoms with E-state index in [2.05, 4.69) is 4.72 Å². The molecule has 1 N–H and O–H groups in total. The maximum atomic E-state index is 13.7. The van der Waals surface area contributed by atoms with Crippen molar-refractivity contribution in [2.75, 3.05) is 33.2 Å². The van der Waals surface area contributed by atoms with Crippen LogP contribution in [0.1, 0.15) is 5.56 Å². The Kier molecular flexibility index (Phi) is 6.51. The number of benzene rings is 2. The highest BCUT2D eigenvalue weighted by Gasteiger charge is 2.13. The van der Waals surface area contributed by atoms with E-state index in [1.54, 1.807) is 12.1 Å². The molecule has 0 spiro atoms. The van der Waals surface area contributed by atoms with Crippen LogP contribution in [0.15, 0.2) is 35.7 Å². The van der Waals surface area contributed by atoms with Crippen LogP contribution in [0.3, 0.4) is 0 Å². The van der Waals surface area contributed by atoms with E-state index in [4.69, 9.17) is 18.9 Å². The fourth-order valence-electron chi connectivity index (χ4n) is 2.28. The maximum absolute atomic E-state index is 13.7. The van der Waals surface area contributed by atoms with Gasteiger partial charge in [0, 0.05) is 18.2 Å². The number of methoxy groups -OCH3 is 4. The molecule has 0 atom stereocenters. The number of hydrogen-bond donors (Lipinski definition) is 1. The lowest BCUT2D eigenvalue weighted by atomic mass is 10.1. The molecule has 2 rings (SSSR count). The highest BCUT2D eigenvalue weighted by molar-refractivity contribution is 7.95. The molecule has 7 nitrogen and oxygen atoms in total. The molecule has 0 saturated carbocycles. The second-order valence-electron chi connectivity index (χ2n) is 5.24. The molecule has 2 aromatic rings. The Morgan fingerprint density at radius 3 is 1.96 bits per heavy atom. The molecule has 0 saturated heterocycles. The Labute approximate surface area is 157 Å². The number of rotatable bonds is 8. The van der Waals surface area contributed by atoms with Gasteiger partial charge in [-0.15, -0.1) is 0 Å². The molecule has 9 heteroatoms. The summed E-state index contributed by atoms with van der Waals surface area (Å²) in [6, 6.07) is 6.94. The standard InChI is InChI=1S/C18H20FNO6S/c1-23-13-10-17(25-3)14(18(11-13)26-4)7-8-27(21,22)20-12-5-6-16(24-2)15(19)9-12/h5-11,20H,1-4H3/b8-7+. The molecule has 0 aliphatic heterocycles. The highest BCUT2D eigenvalue weighted by atomic mass is 32.2. The predicted molar refractivity (Wildman–Crippen MR) is 101 cm³/mol. The fraction of sp³-hybridized carbons (Fsp3) is 0.222. The Bertz CT molecular complexity index is 918. The first kappa shape index (κ1) is 20.4. The quantitative estimate of drug-likeness (QED) is 0.736. The summed E-state index contributed by atoms with van der Waals surface area (Å²) >= 11 is 0. The monoisotopic (exact) mass is 397 g/mol. The minimum atomic E-state index is -3.92. The van der Waals surface area contributed by atoms with Crippen molar-refractivity contribution in [1.29, 1.82) is 0 Å². The molecule has 27 heavy (non-hydrogen) atoms. The summed E-state index contributed by atoms with van der Waals surface area (Å²) in [5.74, 6) is 0.568. The summed E-state index contributed by atoms with van der Waals surface area (Å²) in [6.07, 6.45) is 1.32. The van der Waals surface area contributed by atoms with E-state index in [0.29, 0.717) is 22.8 Å². The zero-order valence-corrected chi connectivity index (χ0v) is 16.1. The molecule has 0 aliphatic carbocycles. The Morgan fingerprint density at radius 1 is 0.889 bits per heavy atom. The summed E-state index contributed by atoms with van der Waals surface area (Å²) in [4.78, 5) is 0. The zero-order chi connectivity index (χ0) is 20.0. The van der Waals surface area contributed by atoms with E-state index in [-0.39, 0.29) is 11.4 Å². The summed E-state index contributed by atoms with van der Waals surface area (Å²) in [5, 5.41) is 0.933. The van der Waals surface area contributed by atoms with Gasteiger partial charge in [-0.25, -0.2) is 12.8 Å². The molecule has 2 aromatic carbocycles. The number of nitrogens with one attached hydrogen (secondary N) is 1. The van der Waals surface area contributed by atoms with Gasteiger partial charge >= 0.3 is 0 Å². The topological polar surface area (TPSA) is 83.1 Å². The van der Waals surface area contributed by atoms with Crippen molar-refractivity contribution in [3.8, 4) is 23.0 Å². The molecule has 146 valence electrons. The van der Waals surface area contributed by atoms with Gasteiger partial charge in [-0.05, 0) is 18.2 Å². The Balaban J connectivity index is 2.32. The van der Waals surface area contributed by atoms with Crippen molar-refractivity contribution < 1.29 is 31.8 Å². The van der Waals surface area contributed by atoms with E-state index in [0.717, 1.165) is 11.5 Å². The zero-order valence-electron chi connectivity index (χ0n) is 15.3. The van der Waals surface area contributed by atoms with Crippen molar-refractivity contribution in [1.82, 2.24) is 0 Å². The number of sulfonamides is 1. The lowest BCUT2D eigenvalue weighted by Gasteiger charge is -2.12. The average molecular weight is 397 g/mol. The van der Waals surface area contributed by atoms with Crippen LogP contribution < -0.4 is 23.7 Å². The lowest BCUT2D eigenvalue weighted by molar-refractivity contribution is 0.374. The predicted octanol–water partition coefficient (Wildman–Crippen LogP) is 3.27. The van der Waals surface area contributed by atoms with Crippen molar-refractivity contribution in [2.24, 2.45) is 0 Å².